The van der Waals surface area contributed by atoms with Crippen LogP contribution in [-0.2, 0) is 0 Å². The molecule has 1 aromatic rings. The smallest absolute Gasteiger partial charge is 0.253 e. The number of rotatable bonds is 4. The molecule has 0 N–H and O–H groups in total. The standard InChI is InChI=1S/C14H20BrNO/c1-10-5-6-13(9-11(10)2)14(17)16(4)8-7-12(3)15/h5-6,9,12H,7-8H2,1-4H3. The van der Waals surface area contributed by atoms with Crippen molar-refractivity contribution in [1.29, 1.82) is 0 Å². The summed E-state index contributed by atoms with van der Waals surface area (Å²) in [5.74, 6) is 0.0984. The Hall–Kier alpha value is -0.830. The van der Waals surface area contributed by atoms with Crippen LogP contribution >= 0.6 is 15.9 Å². The van der Waals surface area contributed by atoms with E-state index < -0.39 is 0 Å². The third-order valence-electron chi connectivity index (χ3n) is 2.96. The van der Waals surface area contributed by atoms with E-state index in [9.17, 15) is 4.79 Å². The minimum atomic E-state index is 0.0984. The van der Waals surface area contributed by atoms with Crippen molar-refractivity contribution in [2.45, 2.75) is 32.0 Å². The van der Waals surface area contributed by atoms with Gasteiger partial charge in [0.25, 0.3) is 5.91 Å². The van der Waals surface area contributed by atoms with E-state index in [0.29, 0.717) is 4.83 Å². The molecule has 0 aliphatic carbocycles. The molecule has 1 aromatic carbocycles. The van der Waals surface area contributed by atoms with E-state index in [1.54, 1.807) is 4.90 Å². The number of alkyl halides is 1. The van der Waals surface area contributed by atoms with E-state index in [0.717, 1.165) is 24.1 Å². The second-order valence-corrected chi connectivity index (χ2v) is 6.16. The second-order valence-electron chi connectivity index (χ2n) is 4.60. The first kappa shape index (κ1) is 14.2. The molecule has 94 valence electrons. The number of aryl methyl sites for hydroxylation is 2. The highest BCUT2D eigenvalue weighted by molar-refractivity contribution is 9.09. The molecule has 2 nitrogen and oxygen atoms in total. The van der Waals surface area contributed by atoms with Crippen molar-refractivity contribution in [3.05, 3.63) is 34.9 Å². The first-order valence-corrected chi connectivity index (χ1v) is 6.80. The van der Waals surface area contributed by atoms with Crippen LogP contribution in [0.1, 0.15) is 34.8 Å². The summed E-state index contributed by atoms with van der Waals surface area (Å²) in [6, 6.07) is 5.87. The van der Waals surface area contributed by atoms with Gasteiger partial charge in [-0.2, -0.15) is 0 Å². The zero-order chi connectivity index (χ0) is 13.0. The van der Waals surface area contributed by atoms with Crippen molar-refractivity contribution >= 4 is 21.8 Å². The summed E-state index contributed by atoms with van der Waals surface area (Å²) >= 11 is 3.49. The topological polar surface area (TPSA) is 20.3 Å². The highest BCUT2D eigenvalue weighted by Crippen LogP contribution is 2.12. The van der Waals surface area contributed by atoms with E-state index in [2.05, 4.69) is 29.8 Å². The van der Waals surface area contributed by atoms with Crippen molar-refractivity contribution in [1.82, 2.24) is 4.90 Å². The van der Waals surface area contributed by atoms with Crippen LogP contribution < -0.4 is 0 Å². The Labute approximate surface area is 112 Å². The van der Waals surface area contributed by atoms with Crippen LogP contribution in [0.15, 0.2) is 18.2 Å². The van der Waals surface area contributed by atoms with Gasteiger partial charge in [-0.15, -0.1) is 0 Å². The van der Waals surface area contributed by atoms with Gasteiger partial charge in [0.15, 0.2) is 0 Å². The minimum Gasteiger partial charge on any atom is -0.342 e. The number of amides is 1. The molecule has 1 atom stereocenters. The molecule has 0 radical (unpaired) electrons. The Bertz CT molecular complexity index is 401. The van der Waals surface area contributed by atoms with Crippen LogP contribution in [-0.4, -0.2) is 29.2 Å². The Morgan fingerprint density at radius 3 is 2.53 bits per heavy atom. The van der Waals surface area contributed by atoms with Crippen molar-refractivity contribution in [2.75, 3.05) is 13.6 Å². The van der Waals surface area contributed by atoms with Crippen LogP contribution in [0, 0.1) is 13.8 Å². The first-order chi connectivity index (χ1) is 7.91. The molecule has 0 bridgehead atoms. The van der Waals surface area contributed by atoms with Gasteiger partial charge in [0.1, 0.15) is 0 Å². The van der Waals surface area contributed by atoms with Crippen molar-refractivity contribution < 1.29 is 4.79 Å². The summed E-state index contributed by atoms with van der Waals surface area (Å²) in [5.41, 5.74) is 3.16. The number of hydrogen-bond donors (Lipinski definition) is 0. The summed E-state index contributed by atoms with van der Waals surface area (Å²) in [6.07, 6.45) is 0.965. The predicted octanol–water partition coefficient (Wildman–Crippen LogP) is 3.55. The van der Waals surface area contributed by atoms with E-state index in [1.165, 1.54) is 5.56 Å². The number of halogens is 1. The molecule has 17 heavy (non-hydrogen) atoms. The molecule has 1 amide bonds. The lowest BCUT2D eigenvalue weighted by molar-refractivity contribution is 0.0794. The molecule has 0 heterocycles. The van der Waals surface area contributed by atoms with Gasteiger partial charge in [0.2, 0.25) is 0 Å². The fourth-order valence-corrected chi connectivity index (χ4v) is 1.77. The molecular weight excluding hydrogens is 278 g/mol. The monoisotopic (exact) mass is 297 g/mol. The van der Waals surface area contributed by atoms with Crippen LogP contribution in [0.25, 0.3) is 0 Å². The number of carbonyl (C=O) groups excluding carboxylic acids is 1. The molecule has 0 saturated carbocycles. The van der Waals surface area contributed by atoms with Gasteiger partial charge < -0.3 is 4.90 Å². The van der Waals surface area contributed by atoms with Gasteiger partial charge in [-0.25, -0.2) is 0 Å². The summed E-state index contributed by atoms with van der Waals surface area (Å²) in [7, 11) is 1.85. The molecule has 1 rings (SSSR count). The fraction of sp³-hybridized carbons (Fsp3) is 0.500. The predicted molar refractivity (Wildman–Crippen MR) is 75.9 cm³/mol. The molecule has 0 aliphatic heterocycles. The van der Waals surface area contributed by atoms with E-state index in [1.807, 2.05) is 32.2 Å². The van der Waals surface area contributed by atoms with Gasteiger partial charge in [-0.05, 0) is 43.5 Å². The summed E-state index contributed by atoms with van der Waals surface area (Å²) in [5, 5.41) is 0. The van der Waals surface area contributed by atoms with Gasteiger partial charge in [-0.1, -0.05) is 28.9 Å². The largest absolute Gasteiger partial charge is 0.342 e. The highest BCUT2D eigenvalue weighted by atomic mass is 79.9. The Balaban J connectivity index is 2.71. The molecule has 0 aromatic heterocycles. The lowest BCUT2D eigenvalue weighted by Gasteiger charge is -2.18. The maximum atomic E-state index is 12.1. The molecule has 1 unspecified atom stereocenters. The maximum Gasteiger partial charge on any atom is 0.253 e. The lowest BCUT2D eigenvalue weighted by Crippen LogP contribution is -2.28. The lowest BCUT2D eigenvalue weighted by atomic mass is 10.1. The van der Waals surface area contributed by atoms with Gasteiger partial charge in [0, 0.05) is 24.0 Å². The third kappa shape index (κ3) is 4.15. The molecular formula is C14H20BrNO. The second kappa shape index (κ2) is 6.20. The average molecular weight is 298 g/mol. The molecule has 0 spiro atoms. The highest BCUT2D eigenvalue weighted by Gasteiger charge is 2.12. The first-order valence-electron chi connectivity index (χ1n) is 5.88. The molecule has 0 aliphatic rings. The minimum absolute atomic E-state index is 0.0984. The van der Waals surface area contributed by atoms with Crippen LogP contribution in [0.2, 0.25) is 0 Å². The van der Waals surface area contributed by atoms with Crippen molar-refractivity contribution in [3.63, 3.8) is 0 Å². The van der Waals surface area contributed by atoms with Crippen molar-refractivity contribution in [3.8, 4) is 0 Å². The zero-order valence-corrected chi connectivity index (χ0v) is 12.5. The Morgan fingerprint density at radius 2 is 2.00 bits per heavy atom. The maximum absolute atomic E-state index is 12.1. The van der Waals surface area contributed by atoms with E-state index in [-0.39, 0.29) is 5.91 Å². The number of benzene rings is 1. The van der Waals surface area contributed by atoms with E-state index in [4.69, 9.17) is 0 Å². The summed E-state index contributed by atoms with van der Waals surface area (Å²) in [6.45, 7) is 6.96. The third-order valence-corrected chi connectivity index (χ3v) is 3.42. The SMILES string of the molecule is Cc1ccc(C(=O)N(C)CCC(C)Br)cc1C. The van der Waals surface area contributed by atoms with Gasteiger partial charge in [0.05, 0.1) is 0 Å². The zero-order valence-electron chi connectivity index (χ0n) is 11.0. The Morgan fingerprint density at radius 1 is 1.35 bits per heavy atom. The number of carbonyl (C=O) groups is 1. The van der Waals surface area contributed by atoms with Crippen LogP contribution in [0.3, 0.4) is 0 Å². The van der Waals surface area contributed by atoms with E-state index >= 15 is 0 Å². The summed E-state index contributed by atoms with van der Waals surface area (Å²) in [4.78, 5) is 14.4. The molecule has 0 fully saturated rings. The molecule has 0 saturated heterocycles. The van der Waals surface area contributed by atoms with Crippen molar-refractivity contribution in [2.24, 2.45) is 0 Å². The Kier molecular flexibility index (Phi) is 5.19. The average Bonchev–Trinajstić information content (AvgIpc) is 2.28. The number of hydrogen-bond acceptors (Lipinski definition) is 1. The van der Waals surface area contributed by atoms with Crippen LogP contribution in [0.5, 0.6) is 0 Å². The number of nitrogens with zero attached hydrogens (tertiary/aromatic N) is 1. The fourth-order valence-electron chi connectivity index (χ4n) is 1.57. The van der Waals surface area contributed by atoms with Gasteiger partial charge >= 0.3 is 0 Å². The molecule has 3 heteroatoms. The van der Waals surface area contributed by atoms with Crippen LogP contribution in [0.4, 0.5) is 0 Å². The summed E-state index contributed by atoms with van der Waals surface area (Å²) < 4.78 is 0. The van der Waals surface area contributed by atoms with Gasteiger partial charge in [-0.3, -0.25) is 4.79 Å². The normalized spacial score (nSPS) is 12.3. The quantitative estimate of drug-likeness (QED) is 0.778.